The molecule has 1 aromatic heterocycles. The minimum Gasteiger partial charge on any atom is -0.356 e. The van der Waals surface area contributed by atoms with Crippen LogP contribution in [0.25, 0.3) is 0 Å². The second-order valence-corrected chi connectivity index (χ2v) is 6.13. The summed E-state index contributed by atoms with van der Waals surface area (Å²) in [5, 5.41) is 4.27. The zero-order chi connectivity index (χ0) is 14.5. The van der Waals surface area contributed by atoms with Crippen molar-refractivity contribution in [1.29, 1.82) is 0 Å². The molecule has 1 aliphatic rings. The maximum Gasteiger partial charge on any atom is 0.193 e. The van der Waals surface area contributed by atoms with E-state index in [0.717, 1.165) is 30.0 Å². The molecule has 0 spiro atoms. The van der Waals surface area contributed by atoms with Crippen molar-refractivity contribution >= 4 is 17.6 Å². The summed E-state index contributed by atoms with van der Waals surface area (Å²) in [4.78, 5) is 6.51. The van der Waals surface area contributed by atoms with Crippen LogP contribution < -0.4 is 5.32 Å². The van der Waals surface area contributed by atoms with E-state index in [0.29, 0.717) is 0 Å². The van der Waals surface area contributed by atoms with Gasteiger partial charge in [-0.05, 0) is 24.8 Å². The van der Waals surface area contributed by atoms with Crippen LogP contribution in [0.5, 0.6) is 0 Å². The Morgan fingerprint density at radius 1 is 1.50 bits per heavy atom. The lowest BCUT2D eigenvalue weighted by atomic mass is 10.1. The maximum absolute atomic E-state index is 6.02. The van der Waals surface area contributed by atoms with Gasteiger partial charge in [0.15, 0.2) is 5.96 Å². The molecule has 112 valence electrons. The Bertz CT molecular complexity index is 460. The fraction of sp³-hybridized carbons (Fsp3) is 0.667. The number of aromatic nitrogens is 1. The van der Waals surface area contributed by atoms with Crippen molar-refractivity contribution in [2.75, 3.05) is 20.6 Å². The molecule has 0 unspecified atom stereocenters. The Kier molecular flexibility index (Phi) is 5.35. The number of rotatable bonds is 4. The van der Waals surface area contributed by atoms with Crippen molar-refractivity contribution in [2.45, 2.75) is 32.2 Å². The average molecular weight is 297 g/mol. The Labute approximate surface area is 126 Å². The van der Waals surface area contributed by atoms with Crippen LogP contribution in [0.3, 0.4) is 0 Å². The van der Waals surface area contributed by atoms with Gasteiger partial charge < -0.3 is 14.8 Å². The molecule has 2 rings (SSSR count). The summed E-state index contributed by atoms with van der Waals surface area (Å²) in [7, 11) is 5.92. The number of halogens is 1. The lowest BCUT2D eigenvalue weighted by Gasteiger charge is -2.23. The first kappa shape index (κ1) is 15.2. The first-order valence-electron chi connectivity index (χ1n) is 7.32. The quantitative estimate of drug-likeness (QED) is 0.684. The molecule has 0 amide bonds. The third-order valence-corrected chi connectivity index (χ3v) is 4.28. The smallest absolute Gasteiger partial charge is 0.193 e. The van der Waals surface area contributed by atoms with Gasteiger partial charge in [-0.3, -0.25) is 4.99 Å². The van der Waals surface area contributed by atoms with Crippen LogP contribution in [0, 0.1) is 5.92 Å². The summed E-state index contributed by atoms with van der Waals surface area (Å²) in [5.41, 5.74) is 1.18. The van der Waals surface area contributed by atoms with Crippen molar-refractivity contribution in [1.82, 2.24) is 14.8 Å². The van der Waals surface area contributed by atoms with Gasteiger partial charge >= 0.3 is 0 Å². The third-order valence-electron chi connectivity index (χ3n) is 4.07. The summed E-state index contributed by atoms with van der Waals surface area (Å²) in [5.74, 6) is 1.76. The lowest BCUT2D eigenvalue weighted by Crippen LogP contribution is -2.40. The van der Waals surface area contributed by atoms with Crippen LogP contribution in [0.15, 0.2) is 17.3 Å². The molecule has 0 saturated heterocycles. The van der Waals surface area contributed by atoms with Crippen molar-refractivity contribution < 1.29 is 0 Å². The molecule has 5 heteroatoms. The van der Waals surface area contributed by atoms with Crippen LogP contribution in [0.4, 0.5) is 0 Å². The zero-order valence-electron chi connectivity index (χ0n) is 12.7. The Hall–Kier alpha value is -1.16. The fourth-order valence-electron chi connectivity index (χ4n) is 2.88. The van der Waals surface area contributed by atoms with Gasteiger partial charge in [0.05, 0.1) is 11.6 Å². The van der Waals surface area contributed by atoms with E-state index in [1.165, 1.54) is 31.4 Å². The van der Waals surface area contributed by atoms with Gasteiger partial charge in [-0.2, -0.15) is 0 Å². The number of aryl methyl sites for hydroxylation is 1. The van der Waals surface area contributed by atoms with Gasteiger partial charge in [0.25, 0.3) is 0 Å². The van der Waals surface area contributed by atoms with Crippen molar-refractivity contribution in [3.8, 4) is 0 Å². The van der Waals surface area contributed by atoms with Gasteiger partial charge in [0.2, 0.25) is 0 Å². The SMILES string of the molecule is CN=C(NCC1CCCC1)N(C)Cc1cc(Cl)cn1C. The molecule has 1 aromatic rings. The van der Waals surface area contributed by atoms with Crippen molar-refractivity contribution in [2.24, 2.45) is 18.0 Å². The van der Waals surface area contributed by atoms with E-state index in [1.54, 1.807) is 0 Å². The van der Waals surface area contributed by atoms with Gasteiger partial charge in [0.1, 0.15) is 0 Å². The molecule has 1 aliphatic carbocycles. The molecule has 1 fully saturated rings. The highest BCUT2D eigenvalue weighted by Gasteiger charge is 2.16. The molecular formula is C15H25ClN4. The molecule has 20 heavy (non-hydrogen) atoms. The topological polar surface area (TPSA) is 32.6 Å². The fourth-order valence-corrected chi connectivity index (χ4v) is 3.15. The number of hydrogen-bond acceptors (Lipinski definition) is 1. The average Bonchev–Trinajstić information content (AvgIpc) is 3.01. The Balaban J connectivity index is 1.88. The second-order valence-electron chi connectivity index (χ2n) is 5.70. The van der Waals surface area contributed by atoms with E-state index in [-0.39, 0.29) is 0 Å². The number of guanidine groups is 1. The van der Waals surface area contributed by atoms with Crippen molar-refractivity contribution in [3.63, 3.8) is 0 Å². The third kappa shape index (κ3) is 3.92. The predicted molar refractivity (Wildman–Crippen MR) is 85.2 cm³/mol. The van der Waals surface area contributed by atoms with E-state index in [4.69, 9.17) is 11.6 Å². The molecule has 0 bridgehead atoms. The Morgan fingerprint density at radius 2 is 2.20 bits per heavy atom. The molecule has 4 nitrogen and oxygen atoms in total. The molecule has 0 radical (unpaired) electrons. The second kappa shape index (κ2) is 7.02. The lowest BCUT2D eigenvalue weighted by molar-refractivity contribution is 0.446. The number of aliphatic imine (C=N–C) groups is 1. The first-order chi connectivity index (χ1) is 9.60. The number of nitrogens with one attached hydrogen (secondary N) is 1. The summed E-state index contributed by atoms with van der Waals surface area (Å²) < 4.78 is 2.06. The molecule has 1 heterocycles. The van der Waals surface area contributed by atoms with Gasteiger partial charge in [-0.15, -0.1) is 0 Å². The summed E-state index contributed by atoms with van der Waals surface area (Å²) in [6, 6.07) is 2.00. The zero-order valence-corrected chi connectivity index (χ0v) is 13.5. The Morgan fingerprint density at radius 3 is 2.75 bits per heavy atom. The van der Waals surface area contributed by atoms with Crippen LogP contribution in [-0.4, -0.2) is 36.1 Å². The minimum atomic E-state index is 0.782. The molecular weight excluding hydrogens is 272 g/mol. The monoisotopic (exact) mass is 296 g/mol. The van der Waals surface area contributed by atoms with Gasteiger partial charge in [-0.25, -0.2) is 0 Å². The van der Waals surface area contributed by atoms with Gasteiger partial charge in [0, 0.05) is 39.6 Å². The van der Waals surface area contributed by atoms with Crippen LogP contribution in [0.2, 0.25) is 5.02 Å². The molecule has 1 saturated carbocycles. The van der Waals surface area contributed by atoms with Crippen LogP contribution in [0.1, 0.15) is 31.4 Å². The molecule has 0 aromatic carbocycles. The largest absolute Gasteiger partial charge is 0.356 e. The highest BCUT2D eigenvalue weighted by molar-refractivity contribution is 6.30. The normalized spacial score (nSPS) is 16.7. The van der Waals surface area contributed by atoms with Crippen molar-refractivity contribution in [3.05, 3.63) is 23.0 Å². The molecule has 0 atom stereocenters. The molecule has 0 aliphatic heterocycles. The highest BCUT2D eigenvalue weighted by atomic mass is 35.5. The molecule has 1 N–H and O–H groups in total. The summed E-state index contributed by atoms with van der Waals surface area (Å²) in [6.07, 6.45) is 7.38. The van der Waals surface area contributed by atoms with E-state index in [9.17, 15) is 0 Å². The van der Waals surface area contributed by atoms with E-state index < -0.39 is 0 Å². The predicted octanol–water partition coefficient (Wildman–Crippen LogP) is 2.88. The van der Waals surface area contributed by atoms with Gasteiger partial charge in [-0.1, -0.05) is 24.4 Å². The van der Waals surface area contributed by atoms with Crippen LogP contribution in [-0.2, 0) is 13.6 Å². The summed E-state index contributed by atoms with van der Waals surface area (Å²) in [6.45, 7) is 1.83. The standard InChI is InChI=1S/C15H25ClN4/c1-17-15(18-9-12-6-4-5-7-12)20(3)11-14-8-13(16)10-19(14)2/h8,10,12H,4-7,9,11H2,1-3H3,(H,17,18). The summed E-state index contributed by atoms with van der Waals surface area (Å²) >= 11 is 6.02. The van der Waals surface area contributed by atoms with Crippen LogP contribution >= 0.6 is 11.6 Å². The number of hydrogen-bond donors (Lipinski definition) is 1. The highest BCUT2D eigenvalue weighted by Crippen LogP contribution is 2.23. The maximum atomic E-state index is 6.02. The number of nitrogens with zero attached hydrogens (tertiary/aromatic N) is 3. The first-order valence-corrected chi connectivity index (χ1v) is 7.70. The van der Waals surface area contributed by atoms with E-state index in [1.807, 2.05) is 26.4 Å². The van der Waals surface area contributed by atoms with E-state index >= 15 is 0 Å². The minimum absolute atomic E-state index is 0.782. The van der Waals surface area contributed by atoms with E-state index in [2.05, 4.69) is 26.8 Å².